The van der Waals surface area contributed by atoms with E-state index in [0.717, 1.165) is 40.5 Å². The van der Waals surface area contributed by atoms with Crippen molar-refractivity contribution in [3.05, 3.63) is 58.6 Å². The van der Waals surface area contributed by atoms with Crippen molar-refractivity contribution >= 4 is 24.0 Å². The molecule has 1 heterocycles. The van der Waals surface area contributed by atoms with Gasteiger partial charge in [0, 0.05) is 11.1 Å². The number of rotatable bonds is 4. The van der Waals surface area contributed by atoms with E-state index in [0.29, 0.717) is 13.2 Å². The molecule has 0 saturated carbocycles. The predicted octanol–water partition coefficient (Wildman–Crippen LogP) is 4.17. The van der Waals surface area contributed by atoms with Gasteiger partial charge in [0.1, 0.15) is 13.2 Å². The Morgan fingerprint density at radius 2 is 1.77 bits per heavy atom. The summed E-state index contributed by atoms with van der Waals surface area (Å²) in [6, 6.07) is 13.8. The van der Waals surface area contributed by atoms with Gasteiger partial charge in [0.25, 0.3) is 0 Å². The van der Waals surface area contributed by atoms with Gasteiger partial charge < -0.3 is 15.2 Å². The molecule has 3 nitrogen and oxygen atoms in total. The normalized spacial score (nSPS) is 14.1. The van der Waals surface area contributed by atoms with Crippen LogP contribution in [0.25, 0.3) is 0 Å². The second-order valence-corrected chi connectivity index (χ2v) is 5.55. The molecule has 0 radical (unpaired) electrons. The molecule has 1 unspecified atom stereocenters. The molecule has 1 atom stereocenters. The number of nitrogens with two attached hydrogens (primary N) is 1. The molecule has 3 rings (SSSR count). The van der Waals surface area contributed by atoms with E-state index in [-0.39, 0.29) is 18.4 Å². The highest BCUT2D eigenvalue weighted by molar-refractivity contribution is 6.31. The molecule has 0 spiro atoms. The largest absolute Gasteiger partial charge is 0.486 e. The molecule has 0 bridgehead atoms. The zero-order valence-corrected chi connectivity index (χ0v) is 13.7. The lowest BCUT2D eigenvalue weighted by molar-refractivity contribution is 0.171. The number of hydrogen-bond acceptors (Lipinski definition) is 3. The summed E-state index contributed by atoms with van der Waals surface area (Å²) in [6.07, 6.45) is 1.69. The fourth-order valence-corrected chi connectivity index (χ4v) is 2.70. The molecule has 5 heteroatoms. The van der Waals surface area contributed by atoms with Gasteiger partial charge in [-0.1, -0.05) is 35.9 Å². The third kappa shape index (κ3) is 3.86. The molecule has 0 fully saturated rings. The standard InChI is InChI=1S/C17H18ClNO2.ClH/c18-14-4-2-1-3-12(14)5-7-15(19)13-6-8-16-17(11-13)21-10-9-20-16;/h1-4,6,8,11,15H,5,7,9-10,19H2;1H. The van der Waals surface area contributed by atoms with Gasteiger partial charge in [-0.15, -0.1) is 12.4 Å². The van der Waals surface area contributed by atoms with Crippen molar-refractivity contribution in [3.63, 3.8) is 0 Å². The molecule has 0 amide bonds. The van der Waals surface area contributed by atoms with Gasteiger partial charge in [0.05, 0.1) is 0 Å². The highest BCUT2D eigenvalue weighted by atomic mass is 35.5. The Hall–Kier alpha value is -1.42. The van der Waals surface area contributed by atoms with E-state index < -0.39 is 0 Å². The van der Waals surface area contributed by atoms with Crippen molar-refractivity contribution in [3.8, 4) is 11.5 Å². The summed E-state index contributed by atoms with van der Waals surface area (Å²) >= 11 is 6.17. The van der Waals surface area contributed by atoms with Crippen molar-refractivity contribution in [2.75, 3.05) is 13.2 Å². The predicted molar refractivity (Wildman–Crippen MR) is 91.4 cm³/mol. The Labute approximate surface area is 141 Å². The Morgan fingerprint density at radius 1 is 1.05 bits per heavy atom. The SMILES string of the molecule is Cl.NC(CCc1ccccc1Cl)c1ccc2c(c1)OCCO2. The van der Waals surface area contributed by atoms with Gasteiger partial charge in [-0.05, 0) is 42.2 Å². The first-order chi connectivity index (χ1) is 10.2. The summed E-state index contributed by atoms with van der Waals surface area (Å²) in [5.74, 6) is 1.58. The molecular formula is C17H19Cl2NO2. The van der Waals surface area contributed by atoms with E-state index in [1.54, 1.807) is 0 Å². The molecule has 2 N–H and O–H groups in total. The average molecular weight is 340 g/mol. The lowest BCUT2D eigenvalue weighted by atomic mass is 9.99. The molecule has 118 valence electrons. The summed E-state index contributed by atoms with van der Waals surface area (Å²) in [6.45, 7) is 1.19. The van der Waals surface area contributed by atoms with Gasteiger partial charge in [-0.3, -0.25) is 0 Å². The molecule has 2 aromatic rings. The first-order valence-electron chi connectivity index (χ1n) is 7.12. The second-order valence-electron chi connectivity index (χ2n) is 5.14. The fraction of sp³-hybridized carbons (Fsp3) is 0.294. The second kappa shape index (κ2) is 7.73. The number of hydrogen-bond donors (Lipinski definition) is 1. The molecule has 1 aliphatic rings. The molecule has 2 aromatic carbocycles. The maximum Gasteiger partial charge on any atom is 0.161 e. The van der Waals surface area contributed by atoms with Crippen LogP contribution in [0, 0.1) is 0 Å². The van der Waals surface area contributed by atoms with Crippen LogP contribution in [-0.4, -0.2) is 13.2 Å². The van der Waals surface area contributed by atoms with Crippen LogP contribution in [0.1, 0.15) is 23.6 Å². The number of benzene rings is 2. The lowest BCUT2D eigenvalue weighted by Gasteiger charge is -2.20. The van der Waals surface area contributed by atoms with Crippen molar-refractivity contribution in [2.45, 2.75) is 18.9 Å². The fourth-order valence-electron chi connectivity index (χ4n) is 2.47. The molecule has 0 aliphatic carbocycles. The number of halogens is 2. The van der Waals surface area contributed by atoms with Crippen LogP contribution in [0.4, 0.5) is 0 Å². The van der Waals surface area contributed by atoms with Crippen LogP contribution in [-0.2, 0) is 6.42 Å². The molecule has 22 heavy (non-hydrogen) atoms. The van der Waals surface area contributed by atoms with E-state index in [1.807, 2.05) is 42.5 Å². The Kier molecular flexibility index (Phi) is 5.95. The van der Waals surface area contributed by atoms with Crippen molar-refractivity contribution in [1.29, 1.82) is 0 Å². The Bertz CT molecular complexity index is 634. The van der Waals surface area contributed by atoms with E-state index in [9.17, 15) is 0 Å². The zero-order valence-electron chi connectivity index (χ0n) is 12.1. The van der Waals surface area contributed by atoms with Gasteiger partial charge in [-0.25, -0.2) is 0 Å². The van der Waals surface area contributed by atoms with E-state index in [1.165, 1.54) is 0 Å². The monoisotopic (exact) mass is 339 g/mol. The van der Waals surface area contributed by atoms with Crippen molar-refractivity contribution in [2.24, 2.45) is 5.73 Å². The first kappa shape index (κ1) is 16.9. The Morgan fingerprint density at radius 3 is 2.55 bits per heavy atom. The number of ether oxygens (including phenoxy) is 2. The minimum absolute atomic E-state index is 0. The van der Waals surface area contributed by atoms with Gasteiger partial charge in [0.2, 0.25) is 0 Å². The Balaban J connectivity index is 0.00000176. The minimum atomic E-state index is -0.0444. The zero-order chi connectivity index (χ0) is 14.7. The smallest absolute Gasteiger partial charge is 0.161 e. The number of aryl methyl sites for hydroxylation is 1. The van der Waals surface area contributed by atoms with E-state index in [2.05, 4.69) is 0 Å². The maximum atomic E-state index is 6.29. The van der Waals surface area contributed by atoms with Crippen LogP contribution >= 0.6 is 24.0 Å². The summed E-state index contributed by atoms with van der Waals surface area (Å²) in [7, 11) is 0. The third-order valence-corrected chi connectivity index (χ3v) is 4.05. The third-order valence-electron chi connectivity index (χ3n) is 3.68. The highest BCUT2D eigenvalue weighted by Gasteiger charge is 2.15. The topological polar surface area (TPSA) is 44.5 Å². The van der Waals surface area contributed by atoms with Crippen molar-refractivity contribution < 1.29 is 9.47 Å². The van der Waals surface area contributed by atoms with E-state index >= 15 is 0 Å². The maximum absolute atomic E-state index is 6.29. The quantitative estimate of drug-likeness (QED) is 0.909. The van der Waals surface area contributed by atoms with Crippen molar-refractivity contribution in [1.82, 2.24) is 0 Å². The molecule has 0 saturated heterocycles. The summed E-state index contributed by atoms with van der Waals surface area (Å²) in [5, 5.41) is 0.798. The highest BCUT2D eigenvalue weighted by Crippen LogP contribution is 2.33. The number of fused-ring (bicyclic) bond motifs is 1. The summed E-state index contributed by atoms with van der Waals surface area (Å²) in [4.78, 5) is 0. The van der Waals surface area contributed by atoms with Gasteiger partial charge in [-0.2, -0.15) is 0 Å². The van der Waals surface area contributed by atoms with E-state index in [4.69, 9.17) is 26.8 Å². The molecular weight excluding hydrogens is 321 g/mol. The average Bonchev–Trinajstić information content (AvgIpc) is 2.53. The summed E-state index contributed by atoms with van der Waals surface area (Å²) < 4.78 is 11.1. The van der Waals surface area contributed by atoms with Gasteiger partial charge >= 0.3 is 0 Å². The van der Waals surface area contributed by atoms with Crippen LogP contribution in [0.3, 0.4) is 0 Å². The minimum Gasteiger partial charge on any atom is -0.486 e. The van der Waals surface area contributed by atoms with Crippen LogP contribution in [0.2, 0.25) is 5.02 Å². The summed E-state index contributed by atoms with van der Waals surface area (Å²) in [5.41, 5.74) is 8.48. The van der Waals surface area contributed by atoms with Crippen LogP contribution in [0.15, 0.2) is 42.5 Å². The van der Waals surface area contributed by atoms with Gasteiger partial charge in [0.15, 0.2) is 11.5 Å². The first-order valence-corrected chi connectivity index (χ1v) is 7.50. The molecule has 1 aliphatic heterocycles. The lowest BCUT2D eigenvalue weighted by Crippen LogP contribution is -2.17. The van der Waals surface area contributed by atoms with Crippen LogP contribution in [0.5, 0.6) is 11.5 Å². The molecule has 0 aromatic heterocycles. The van der Waals surface area contributed by atoms with Crippen LogP contribution < -0.4 is 15.2 Å².